The molecule has 7 heteroatoms. The van der Waals surface area contributed by atoms with Gasteiger partial charge in [-0.25, -0.2) is 19.3 Å². The molecule has 3 N–H and O–H groups in total. The SMILES string of the molecule is CC1CS(=O)(=O)CCN1C(=NC1CC1)NN. The number of rotatable bonds is 1. The summed E-state index contributed by atoms with van der Waals surface area (Å²) in [7, 11) is -2.88. The highest BCUT2D eigenvalue weighted by Crippen LogP contribution is 2.24. The summed E-state index contributed by atoms with van der Waals surface area (Å²) in [6, 6.07) is 0.309. The minimum Gasteiger partial charge on any atom is -0.337 e. The van der Waals surface area contributed by atoms with Gasteiger partial charge in [-0.05, 0) is 19.8 Å². The topological polar surface area (TPSA) is 87.8 Å². The molecule has 2 aliphatic rings. The smallest absolute Gasteiger partial charge is 0.208 e. The van der Waals surface area contributed by atoms with Crippen LogP contribution in [-0.2, 0) is 9.84 Å². The average Bonchev–Trinajstić information content (AvgIpc) is 2.97. The van der Waals surface area contributed by atoms with E-state index in [2.05, 4.69) is 10.4 Å². The zero-order valence-electron chi connectivity index (χ0n) is 9.39. The number of nitrogens with one attached hydrogen (secondary N) is 1. The molecule has 1 atom stereocenters. The largest absolute Gasteiger partial charge is 0.337 e. The Morgan fingerprint density at radius 3 is 2.69 bits per heavy atom. The summed E-state index contributed by atoms with van der Waals surface area (Å²) in [5.74, 6) is 6.43. The van der Waals surface area contributed by atoms with Gasteiger partial charge >= 0.3 is 0 Å². The van der Waals surface area contributed by atoms with Crippen LogP contribution in [0.5, 0.6) is 0 Å². The Kier molecular flexibility index (Phi) is 3.07. The van der Waals surface area contributed by atoms with Crippen LogP contribution in [0, 0.1) is 0 Å². The van der Waals surface area contributed by atoms with E-state index >= 15 is 0 Å². The van der Waals surface area contributed by atoms with E-state index in [4.69, 9.17) is 5.84 Å². The molecule has 1 saturated heterocycles. The van der Waals surface area contributed by atoms with E-state index in [1.54, 1.807) is 0 Å². The van der Waals surface area contributed by atoms with Gasteiger partial charge in [0.2, 0.25) is 5.96 Å². The second kappa shape index (κ2) is 4.21. The van der Waals surface area contributed by atoms with Gasteiger partial charge in [0.15, 0.2) is 9.84 Å². The second-order valence-electron chi connectivity index (χ2n) is 4.48. The molecule has 0 bridgehead atoms. The Balaban J connectivity index is 2.08. The number of nitrogens with two attached hydrogens (primary N) is 1. The number of aliphatic imine (C=N–C) groups is 1. The molecule has 0 spiro atoms. The summed E-state index contributed by atoms with van der Waals surface area (Å²) in [5, 5.41) is 0. The molecule has 2 rings (SSSR count). The maximum absolute atomic E-state index is 11.4. The summed E-state index contributed by atoms with van der Waals surface area (Å²) in [6.07, 6.45) is 2.21. The summed E-state index contributed by atoms with van der Waals surface area (Å²) in [6.45, 7) is 2.36. The van der Waals surface area contributed by atoms with Gasteiger partial charge in [-0.15, -0.1) is 0 Å². The fourth-order valence-electron chi connectivity index (χ4n) is 1.88. The zero-order chi connectivity index (χ0) is 11.8. The first-order valence-corrected chi connectivity index (χ1v) is 7.35. The van der Waals surface area contributed by atoms with Crippen LogP contribution in [0.1, 0.15) is 19.8 Å². The van der Waals surface area contributed by atoms with Gasteiger partial charge in [-0.1, -0.05) is 0 Å². The van der Waals surface area contributed by atoms with Crippen LogP contribution in [0.25, 0.3) is 0 Å². The van der Waals surface area contributed by atoms with Crippen molar-refractivity contribution >= 4 is 15.8 Å². The molecule has 1 aliphatic heterocycles. The van der Waals surface area contributed by atoms with E-state index in [9.17, 15) is 8.42 Å². The van der Waals surface area contributed by atoms with Crippen LogP contribution in [0.4, 0.5) is 0 Å². The van der Waals surface area contributed by atoms with Crippen molar-refractivity contribution in [2.75, 3.05) is 18.1 Å². The van der Waals surface area contributed by atoms with Gasteiger partial charge in [-0.2, -0.15) is 0 Å². The van der Waals surface area contributed by atoms with Crippen LogP contribution in [0.15, 0.2) is 4.99 Å². The van der Waals surface area contributed by atoms with Crippen molar-refractivity contribution < 1.29 is 8.42 Å². The fraction of sp³-hybridized carbons (Fsp3) is 0.889. The number of hydrogen-bond acceptors (Lipinski definition) is 4. The van der Waals surface area contributed by atoms with Crippen LogP contribution in [-0.4, -0.2) is 49.4 Å². The Morgan fingerprint density at radius 1 is 1.50 bits per heavy atom. The first-order chi connectivity index (χ1) is 7.52. The van der Waals surface area contributed by atoms with Crippen molar-refractivity contribution in [3.8, 4) is 0 Å². The molecule has 6 nitrogen and oxygen atoms in total. The Morgan fingerprint density at radius 2 is 2.19 bits per heavy atom. The van der Waals surface area contributed by atoms with E-state index in [1.807, 2.05) is 11.8 Å². The average molecular weight is 246 g/mol. The van der Waals surface area contributed by atoms with Crippen molar-refractivity contribution in [3.63, 3.8) is 0 Å². The van der Waals surface area contributed by atoms with Gasteiger partial charge in [0.1, 0.15) is 0 Å². The quantitative estimate of drug-likeness (QED) is 0.270. The summed E-state index contributed by atoms with van der Waals surface area (Å²) in [4.78, 5) is 6.38. The molecule has 0 aromatic heterocycles. The van der Waals surface area contributed by atoms with E-state index in [-0.39, 0.29) is 17.5 Å². The summed E-state index contributed by atoms with van der Waals surface area (Å²) in [5.41, 5.74) is 2.58. The monoisotopic (exact) mass is 246 g/mol. The summed E-state index contributed by atoms with van der Waals surface area (Å²) >= 11 is 0. The predicted molar refractivity (Wildman–Crippen MR) is 62.6 cm³/mol. The molecule has 0 aromatic rings. The van der Waals surface area contributed by atoms with Crippen molar-refractivity contribution in [2.24, 2.45) is 10.8 Å². The highest BCUT2D eigenvalue weighted by atomic mass is 32.2. The molecule has 16 heavy (non-hydrogen) atoms. The Hall–Kier alpha value is -0.820. The zero-order valence-corrected chi connectivity index (χ0v) is 10.2. The molecule has 1 aliphatic carbocycles. The molecular formula is C9H18N4O2S. The molecule has 0 amide bonds. The number of nitrogens with zero attached hydrogens (tertiary/aromatic N) is 2. The van der Waals surface area contributed by atoms with Crippen molar-refractivity contribution in [1.29, 1.82) is 0 Å². The van der Waals surface area contributed by atoms with Gasteiger partial charge in [0, 0.05) is 12.6 Å². The van der Waals surface area contributed by atoms with Crippen LogP contribution < -0.4 is 11.3 Å². The van der Waals surface area contributed by atoms with Gasteiger partial charge in [0.25, 0.3) is 0 Å². The first kappa shape index (κ1) is 11.7. The van der Waals surface area contributed by atoms with E-state index < -0.39 is 9.84 Å². The standard InChI is InChI=1S/C9H18N4O2S/c1-7-6-16(14,15)5-4-13(7)9(12-10)11-8-2-3-8/h7-8H,2-6,10H2,1H3,(H,11,12). The highest BCUT2D eigenvalue weighted by molar-refractivity contribution is 7.91. The van der Waals surface area contributed by atoms with E-state index in [1.165, 1.54) is 0 Å². The lowest BCUT2D eigenvalue weighted by atomic mass is 10.3. The molecule has 92 valence electrons. The molecule has 1 unspecified atom stereocenters. The third-order valence-corrected chi connectivity index (χ3v) is 4.72. The number of hydrazine groups is 1. The van der Waals surface area contributed by atoms with Crippen LogP contribution in [0.2, 0.25) is 0 Å². The van der Waals surface area contributed by atoms with E-state index in [0.29, 0.717) is 18.5 Å². The molecule has 0 aromatic carbocycles. The fourth-order valence-corrected chi connectivity index (χ4v) is 3.44. The van der Waals surface area contributed by atoms with E-state index in [0.717, 1.165) is 12.8 Å². The van der Waals surface area contributed by atoms with Crippen LogP contribution in [0.3, 0.4) is 0 Å². The number of sulfone groups is 1. The Bertz CT molecular complexity index is 388. The second-order valence-corrected chi connectivity index (χ2v) is 6.71. The number of guanidine groups is 1. The summed E-state index contributed by atoms with van der Waals surface area (Å²) < 4.78 is 22.9. The molecule has 1 heterocycles. The third kappa shape index (κ3) is 2.65. The molecule has 0 radical (unpaired) electrons. The molecule has 1 saturated carbocycles. The number of hydrogen-bond donors (Lipinski definition) is 2. The first-order valence-electron chi connectivity index (χ1n) is 5.53. The minimum absolute atomic E-state index is 0.0627. The van der Waals surface area contributed by atoms with Gasteiger partial charge in [0.05, 0.1) is 17.5 Å². The lowest BCUT2D eigenvalue weighted by Crippen LogP contribution is -2.55. The van der Waals surface area contributed by atoms with Crippen molar-refractivity contribution in [3.05, 3.63) is 0 Å². The third-order valence-electron chi connectivity index (χ3n) is 2.92. The van der Waals surface area contributed by atoms with Crippen LogP contribution >= 0.6 is 0 Å². The maximum Gasteiger partial charge on any atom is 0.208 e. The van der Waals surface area contributed by atoms with Crippen molar-refractivity contribution in [2.45, 2.75) is 31.8 Å². The normalized spacial score (nSPS) is 30.2. The molecular weight excluding hydrogens is 228 g/mol. The maximum atomic E-state index is 11.4. The predicted octanol–water partition coefficient (Wildman–Crippen LogP) is -0.913. The van der Waals surface area contributed by atoms with Crippen molar-refractivity contribution in [1.82, 2.24) is 10.3 Å². The van der Waals surface area contributed by atoms with Gasteiger partial charge < -0.3 is 4.90 Å². The minimum atomic E-state index is -2.88. The highest BCUT2D eigenvalue weighted by Gasteiger charge is 2.31. The lowest BCUT2D eigenvalue weighted by Gasteiger charge is -2.35. The molecule has 2 fully saturated rings. The Labute approximate surface area is 95.8 Å². The lowest BCUT2D eigenvalue weighted by molar-refractivity contribution is 0.340. The van der Waals surface area contributed by atoms with Gasteiger partial charge in [-0.3, -0.25) is 5.43 Å².